The average Bonchev–Trinajstić information content (AvgIpc) is 2.50. The van der Waals surface area contributed by atoms with Crippen molar-refractivity contribution in [3.63, 3.8) is 0 Å². The molecule has 0 fully saturated rings. The van der Waals surface area contributed by atoms with Crippen LogP contribution in [0.25, 0.3) is 10.9 Å². The normalized spacial score (nSPS) is 10.3. The van der Waals surface area contributed by atoms with Gasteiger partial charge in [0.15, 0.2) is 6.29 Å². The van der Waals surface area contributed by atoms with Crippen LogP contribution in [0.5, 0.6) is 5.75 Å². The van der Waals surface area contributed by atoms with Gasteiger partial charge in [-0.25, -0.2) is 0 Å². The van der Waals surface area contributed by atoms with Crippen molar-refractivity contribution in [2.75, 3.05) is 0 Å². The minimum absolute atomic E-state index is 0.104. The number of benzene rings is 1. The van der Waals surface area contributed by atoms with E-state index >= 15 is 0 Å². The van der Waals surface area contributed by atoms with Gasteiger partial charge in [0.1, 0.15) is 5.75 Å². The molecular weight excluding hydrogens is 154 g/mol. The summed E-state index contributed by atoms with van der Waals surface area (Å²) in [5.74, 6) is 0.104. The number of phenols is 1. The Bertz CT molecular complexity index is 431. The molecule has 0 bridgehead atoms. The third-order valence-corrected chi connectivity index (χ3v) is 1.81. The van der Waals surface area contributed by atoms with Crippen LogP contribution in [0.1, 0.15) is 10.4 Å². The second-order valence-corrected chi connectivity index (χ2v) is 2.59. The number of carbonyl (C=O) groups excluding carboxylic acids is 1. The van der Waals surface area contributed by atoms with Crippen LogP contribution in [0, 0.1) is 0 Å². The van der Waals surface area contributed by atoms with Crippen molar-refractivity contribution in [3.8, 4) is 5.75 Å². The van der Waals surface area contributed by atoms with Gasteiger partial charge in [-0.15, -0.1) is 0 Å². The molecule has 1 aromatic heterocycles. The van der Waals surface area contributed by atoms with E-state index in [9.17, 15) is 9.90 Å². The number of aromatic amines is 1. The van der Waals surface area contributed by atoms with Gasteiger partial charge in [-0.05, 0) is 12.1 Å². The number of fused-ring (bicyclic) bond motifs is 1. The predicted molar refractivity (Wildman–Crippen MR) is 45.4 cm³/mol. The Morgan fingerprint density at radius 2 is 2.25 bits per heavy atom. The van der Waals surface area contributed by atoms with Gasteiger partial charge in [0.05, 0.1) is 0 Å². The summed E-state index contributed by atoms with van der Waals surface area (Å²) in [6, 6.07) is 4.84. The van der Waals surface area contributed by atoms with E-state index < -0.39 is 0 Å². The number of aromatic nitrogens is 1. The summed E-state index contributed by atoms with van der Waals surface area (Å²) in [7, 11) is 0. The lowest BCUT2D eigenvalue weighted by molar-refractivity contribution is 0.112. The second kappa shape index (κ2) is 2.37. The van der Waals surface area contributed by atoms with Gasteiger partial charge in [0.2, 0.25) is 0 Å². The van der Waals surface area contributed by atoms with Crippen molar-refractivity contribution in [2.45, 2.75) is 0 Å². The highest BCUT2D eigenvalue weighted by Gasteiger charge is 2.02. The molecule has 1 heterocycles. The molecule has 2 rings (SSSR count). The van der Waals surface area contributed by atoms with Crippen molar-refractivity contribution in [2.24, 2.45) is 0 Å². The first-order valence-electron chi connectivity index (χ1n) is 3.56. The van der Waals surface area contributed by atoms with Gasteiger partial charge in [-0.3, -0.25) is 4.79 Å². The molecule has 2 aromatic rings. The molecule has 0 aliphatic rings. The Morgan fingerprint density at radius 3 is 3.00 bits per heavy atom. The highest BCUT2D eigenvalue weighted by Crippen LogP contribution is 2.22. The van der Waals surface area contributed by atoms with E-state index in [0.29, 0.717) is 5.56 Å². The zero-order valence-electron chi connectivity index (χ0n) is 6.24. The van der Waals surface area contributed by atoms with Crippen LogP contribution in [0.2, 0.25) is 0 Å². The largest absolute Gasteiger partial charge is 0.508 e. The topological polar surface area (TPSA) is 53.1 Å². The highest BCUT2D eigenvalue weighted by atomic mass is 16.3. The third-order valence-electron chi connectivity index (χ3n) is 1.81. The van der Waals surface area contributed by atoms with Crippen LogP contribution < -0.4 is 0 Å². The van der Waals surface area contributed by atoms with Crippen molar-refractivity contribution in [1.82, 2.24) is 4.98 Å². The minimum Gasteiger partial charge on any atom is -0.508 e. The number of hydrogen-bond acceptors (Lipinski definition) is 2. The Morgan fingerprint density at radius 1 is 1.42 bits per heavy atom. The van der Waals surface area contributed by atoms with Gasteiger partial charge < -0.3 is 10.1 Å². The highest BCUT2D eigenvalue weighted by molar-refractivity contribution is 5.97. The number of carbonyl (C=O) groups is 1. The maximum atomic E-state index is 10.5. The summed E-state index contributed by atoms with van der Waals surface area (Å²) >= 11 is 0. The fourth-order valence-corrected chi connectivity index (χ4v) is 1.28. The van der Waals surface area contributed by atoms with Crippen LogP contribution in [0.4, 0.5) is 0 Å². The van der Waals surface area contributed by atoms with E-state index in [2.05, 4.69) is 4.98 Å². The number of phenolic OH excluding ortho intramolecular Hbond substituents is 1. The van der Waals surface area contributed by atoms with E-state index in [4.69, 9.17) is 0 Å². The summed E-state index contributed by atoms with van der Waals surface area (Å²) in [6.07, 6.45) is 2.47. The van der Waals surface area contributed by atoms with E-state index in [1.54, 1.807) is 18.3 Å². The Labute approximate surface area is 68.6 Å². The predicted octanol–water partition coefficient (Wildman–Crippen LogP) is 1.69. The molecule has 3 heteroatoms. The molecule has 0 atom stereocenters. The Balaban J connectivity index is 2.88. The van der Waals surface area contributed by atoms with Crippen LogP contribution in [0.15, 0.2) is 24.4 Å². The lowest BCUT2D eigenvalue weighted by atomic mass is 10.1. The fourth-order valence-electron chi connectivity index (χ4n) is 1.28. The van der Waals surface area contributed by atoms with E-state index in [1.165, 1.54) is 6.07 Å². The van der Waals surface area contributed by atoms with Crippen LogP contribution in [-0.2, 0) is 0 Å². The lowest BCUT2D eigenvalue weighted by Gasteiger charge is -1.95. The maximum absolute atomic E-state index is 10.5. The molecule has 2 N–H and O–H groups in total. The average molecular weight is 161 g/mol. The van der Waals surface area contributed by atoms with E-state index in [0.717, 1.165) is 17.2 Å². The third kappa shape index (κ3) is 0.871. The molecule has 12 heavy (non-hydrogen) atoms. The van der Waals surface area contributed by atoms with Crippen molar-refractivity contribution in [1.29, 1.82) is 0 Å². The summed E-state index contributed by atoms with van der Waals surface area (Å²) in [5, 5.41) is 10.0. The summed E-state index contributed by atoms with van der Waals surface area (Å²) < 4.78 is 0. The SMILES string of the molecule is O=Cc1cc(O)cc2[nH]ccc12. The zero-order valence-corrected chi connectivity index (χ0v) is 6.24. The minimum atomic E-state index is 0.104. The Kier molecular flexibility index (Phi) is 1.37. The molecule has 0 amide bonds. The van der Waals surface area contributed by atoms with Gasteiger partial charge in [-0.1, -0.05) is 0 Å². The molecule has 0 unspecified atom stereocenters. The molecule has 0 aliphatic carbocycles. The first-order chi connectivity index (χ1) is 5.81. The fraction of sp³-hybridized carbons (Fsp3) is 0. The number of aldehydes is 1. The number of rotatable bonds is 1. The second-order valence-electron chi connectivity index (χ2n) is 2.59. The monoisotopic (exact) mass is 161 g/mol. The quantitative estimate of drug-likeness (QED) is 0.625. The van der Waals surface area contributed by atoms with Crippen LogP contribution >= 0.6 is 0 Å². The van der Waals surface area contributed by atoms with Crippen LogP contribution in [-0.4, -0.2) is 16.4 Å². The molecule has 0 saturated heterocycles. The standard InChI is InChI=1S/C9H7NO2/c11-5-6-3-7(12)4-9-8(6)1-2-10-9/h1-5,10,12H. The zero-order chi connectivity index (χ0) is 8.55. The first kappa shape index (κ1) is 6.91. The van der Waals surface area contributed by atoms with Gasteiger partial charge in [0, 0.05) is 28.7 Å². The van der Waals surface area contributed by atoms with Crippen LogP contribution in [0.3, 0.4) is 0 Å². The van der Waals surface area contributed by atoms with Gasteiger partial charge in [-0.2, -0.15) is 0 Å². The van der Waals surface area contributed by atoms with Gasteiger partial charge in [0.25, 0.3) is 0 Å². The number of H-pyrrole nitrogens is 1. The van der Waals surface area contributed by atoms with Crippen molar-refractivity contribution >= 4 is 17.2 Å². The molecule has 1 aromatic carbocycles. The van der Waals surface area contributed by atoms with Crippen molar-refractivity contribution in [3.05, 3.63) is 30.0 Å². The molecule has 0 spiro atoms. The molecule has 0 saturated carbocycles. The maximum Gasteiger partial charge on any atom is 0.150 e. The van der Waals surface area contributed by atoms with Crippen molar-refractivity contribution < 1.29 is 9.90 Å². The lowest BCUT2D eigenvalue weighted by Crippen LogP contribution is -1.80. The summed E-state index contributed by atoms with van der Waals surface area (Å²) in [5.41, 5.74) is 1.28. The summed E-state index contributed by atoms with van der Waals surface area (Å²) in [6.45, 7) is 0. The Hall–Kier alpha value is -1.77. The number of nitrogens with one attached hydrogen (secondary N) is 1. The summed E-state index contributed by atoms with van der Waals surface area (Å²) in [4.78, 5) is 13.5. The first-order valence-corrected chi connectivity index (χ1v) is 3.56. The van der Waals surface area contributed by atoms with Gasteiger partial charge >= 0.3 is 0 Å². The molecular formula is C9H7NO2. The van der Waals surface area contributed by atoms with E-state index in [1.807, 2.05) is 0 Å². The molecule has 60 valence electrons. The van der Waals surface area contributed by atoms with E-state index in [-0.39, 0.29) is 5.75 Å². The molecule has 0 aliphatic heterocycles. The number of aromatic hydroxyl groups is 1. The molecule has 0 radical (unpaired) electrons. The smallest absolute Gasteiger partial charge is 0.150 e. The molecule has 3 nitrogen and oxygen atoms in total. The number of hydrogen-bond donors (Lipinski definition) is 2.